The smallest absolute Gasteiger partial charge is 0.387 e. The maximum atomic E-state index is 12.1. The third kappa shape index (κ3) is 4.06. The van der Waals surface area contributed by atoms with Crippen LogP contribution in [0.5, 0.6) is 5.75 Å². The van der Waals surface area contributed by atoms with E-state index >= 15 is 0 Å². The van der Waals surface area contributed by atoms with Crippen LogP contribution in [0.3, 0.4) is 0 Å². The molecule has 0 saturated heterocycles. The molecule has 122 valence electrons. The highest BCUT2D eigenvalue weighted by Gasteiger charge is 2.21. The van der Waals surface area contributed by atoms with Gasteiger partial charge in [0.15, 0.2) is 0 Å². The summed E-state index contributed by atoms with van der Waals surface area (Å²) in [6, 6.07) is 6.20. The van der Waals surface area contributed by atoms with E-state index in [1.807, 2.05) is 0 Å². The third-order valence-electron chi connectivity index (χ3n) is 3.87. The molecule has 1 unspecified atom stereocenters. The zero-order valence-electron chi connectivity index (χ0n) is 12.4. The Kier molecular flexibility index (Phi) is 4.55. The van der Waals surface area contributed by atoms with Gasteiger partial charge in [0.25, 0.3) is 0 Å². The van der Waals surface area contributed by atoms with E-state index in [-0.39, 0.29) is 24.1 Å². The van der Waals surface area contributed by atoms with E-state index in [0.717, 1.165) is 36.2 Å². The van der Waals surface area contributed by atoms with Gasteiger partial charge in [-0.2, -0.15) is 8.78 Å². The second-order valence-electron chi connectivity index (χ2n) is 5.53. The Morgan fingerprint density at radius 1 is 1.39 bits per heavy atom. The Labute approximate surface area is 132 Å². The Bertz CT molecular complexity index is 670. The number of rotatable bonds is 5. The minimum Gasteiger partial charge on any atom is -0.435 e. The van der Waals surface area contributed by atoms with E-state index in [1.54, 1.807) is 18.5 Å². The molecule has 1 heterocycles. The Morgan fingerprint density at radius 2 is 2.17 bits per heavy atom. The number of amides is 1. The van der Waals surface area contributed by atoms with Crippen LogP contribution >= 0.6 is 0 Å². The largest absolute Gasteiger partial charge is 0.435 e. The van der Waals surface area contributed by atoms with Crippen LogP contribution in [0.1, 0.15) is 23.4 Å². The van der Waals surface area contributed by atoms with Crippen molar-refractivity contribution in [3.8, 4) is 5.75 Å². The summed E-state index contributed by atoms with van der Waals surface area (Å²) in [4.78, 5) is 19.4. The number of alkyl halides is 2. The predicted molar refractivity (Wildman–Crippen MR) is 79.3 cm³/mol. The molecule has 1 aromatic carbocycles. The molecule has 1 amide bonds. The molecular formula is C16H17F2N3O2. The summed E-state index contributed by atoms with van der Waals surface area (Å²) in [7, 11) is 0. The predicted octanol–water partition coefficient (Wildman–Crippen LogP) is 2.23. The Morgan fingerprint density at radius 3 is 2.91 bits per heavy atom. The highest BCUT2D eigenvalue weighted by molar-refractivity contribution is 5.79. The fourth-order valence-electron chi connectivity index (χ4n) is 2.78. The van der Waals surface area contributed by atoms with Gasteiger partial charge < -0.3 is 15.0 Å². The number of carbonyl (C=O) groups excluding carboxylic acids is 1. The number of fused-ring (bicyclic) bond motifs is 1. The number of nitrogens with one attached hydrogen (secondary N) is 2. The molecule has 1 aliphatic carbocycles. The number of aryl methyl sites for hydroxylation is 1. The third-order valence-corrected chi connectivity index (χ3v) is 3.87. The standard InChI is InChI=1S/C16H17F2N3O2/c17-16(18)23-12-4-1-10(2-5-12)7-15(22)21-11-3-6-13-14(8-11)20-9-19-13/h1-2,4-5,9,11,16H,3,6-8H2,(H,19,20)(H,21,22). The summed E-state index contributed by atoms with van der Waals surface area (Å²) in [6.07, 6.45) is 4.36. The molecule has 2 N–H and O–H groups in total. The normalized spacial score (nSPS) is 16.9. The van der Waals surface area contributed by atoms with E-state index in [4.69, 9.17) is 0 Å². The van der Waals surface area contributed by atoms with Crippen molar-refractivity contribution in [3.05, 3.63) is 47.5 Å². The maximum Gasteiger partial charge on any atom is 0.387 e. The van der Waals surface area contributed by atoms with Gasteiger partial charge in [0.2, 0.25) is 5.91 Å². The summed E-state index contributed by atoms with van der Waals surface area (Å²) in [6.45, 7) is -2.84. The van der Waals surface area contributed by atoms with Gasteiger partial charge in [0, 0.05) is 18.2 Å². The number of nitrogens with zero attached hydrogens (tertiary/aromatic N) is 1. The first-order valence-electron chi connectivity index (χ1n) is 7.44. The van der Waals surface area contributed by atoms with Crippen LogP contribution in [0.15, 0.2) is 30.6 Å². The van der Waals surface area contributed by atoms with Crippen molar-refractivity contribution in [2.75, 3.05) is 0 Å². The number of hydrogen-bond acceptors (Lipinski definition) is 3. The SMILES string of the molecule is O=C(Cc1ccc(OC(F)F)cc1)NC1CCc2nc[nH]c2C1. The molecule has 1 atom stereocenters. The minimum atomic E-state index is -2.84. The fourth-order valence-corrected chi connectivity index (χ4v) is 2.78. The van der Waals surface area contributed by atoms with Crippen molar-refractivity contribution in [1.82, 2.24) is 15.3 Å². The molecule has 0 saturated carbocycles. The lowest BCUT2D eigenvalue weighted by Gasteiger charge is -2.22. The maximum absolute atomic E-state index is 12.1. The number of halogens is 2. The number of ether oxygens (including phenoxy) is 1. The first-order chi connectivity index (χ1) is 11.1. The van der Waals surface area contributed by atoms with Crippen molar-refractivity contribution >= 4 is 5.91 Å². The number of H-pyrrole nitrogens is 1. The van der Waals surface area contributed by atoms with Crippen molar-refractivity contribution in [2.24, 2.45) is 0 Å². The molecule has 0 bridgehead atoms. The van der Waals surface area contributed by atoms with Crippen LogP contribution in [0, 0.1) is 0 Å². The van der Waals surface area contributed by atoms with Crippen LogP contribution in [0.25, 0.3) is 0 Å². The second-order valence-corrected chi connectivity index (χ2v) is 5.53. The van der Waals surface area contributed by atoms with Crippen LogP contribution in [-0.2, 0) is 24.1 Å². The topological polar surface area (TPSA) is 67.0 Å². The van der Waals surface area contributed by atoms with Crippen molar-refractivity contribution in [2.45, 2.75) is 38.3 Å². The van der Waals surface area contributed by atoms with E-state index in [9.17, 15) is 13.6 Å². The molecule has 0 radical (unpaired) electrons. The molecule has 0 aliphatic heterocycles. The lowest BCUT2D eigenvalue weighted by molar-refractivity contribution is -0.121. The summed E-state index contributed by atoms with van der Waals surface area (Å²) >= 11 is 0. The summed E-state index contributed by atoms with van der Waals surface area (Å²) < 4.78 is 28.4. The fraction of sp³-hybridized carbons (Fsp3) is 0.375. The van der Waals surface area contributed by atoms with Gasteiger partial charge in [0.05, 0.1) is 18.4 Å². The van der Waals surface area contributed by atoms with Crippen LogP contribution in [0.4, 0.5) is 8.78 Å². The van der Waals surface area contributed by atoms with Crippen molar-refractivity contribution in [1.29, 1.82) is 0 Å². The molecule has 1 aliphatic rings. The van der Waals surface area contributed by atoms with Gasteiger partial charge in [-0.3, -0.25) is 4.79 Å². The molecule has 3 rings (SSSR count). The summed E-state index contributed by atoms with van der Waals surface area (Å²) in [5, 5.41) is 3.01. The number of hydrogen-bond donors (Lipinski definition) is 2. The number of carbonyl (C=O) groups is 1. The Balaban J connectivity index is 1.51. The highest BCUT2D eigenvalue weighted by atomic mass is 19.3. The van der Waals surface area contributed by atoms with Gasteiger partial charge in [-0.05, 0) is 30.5 Å². The number of aromatic nitrogens is 2. The quantitative estimate of drug-likeness (QED) is 0.887. The molecule has 0 spiro atoms. The average Bonchev–Trinajstić information content (AvgIpc) is 2.96. The lowest BCUT2D eigenvalue weighted by atomic mass is 9.96. The molecule has 2 aromatic rings. The van der Waals surface area contributed by atoms with E-state index in [1.165, 1.54) is 12.1 Å². The number of imidazole rings is 1. The van der Waals surface area contributed by atoms with Gasteiger partial charge in [-0.15, -0.1) is 0 Å². The molecule has 0 fully saturated rings. The first kappa shape index (κ1) is 15.5. The first-order valence-corrected chi connectivity index (χ1v) is 7.44. The molecule has 23 heavy (non-hydrogen) atoms. The minimum absolute atomic E-state index is 0.0829. The van der Waals surface area contributed by atoms with E-state index in [2.05, 4.69) is 20.0 Å². The van der Waals surface area contributed by atoms with Crippen LogP contribution in [-0.4, -0.2) is 28.5 Å². The van der Waals surface area contributed by atoms with Gasteiger partial charge in [-0.1, -0.05) is 12.1 Å². The van der Waals surface area contributed by atoms with Crippen molar-refractivity contribution < 1.29 is 18.3 Å². The van der Waals surface area contributed by atoms with Crippen molar-refractivity contribution in [3.63, 3.8) is 0 Å². The number of benzene rings is 1. The van der Waals surface area contributed by atoms with E-state index < -0.39 is 6.61 Å². The zero-order valence-corrected chi connectivity index (χ0v) is 12.4. The Hall–Kier alpha value is -2.44. The summed E-state index contributed by atoms with van der Waals surface area (Å²) in [5.74, 6) is 0.00343. The molecular weight excluding hydrogens is 304 g/mol. The second kappa shape index (κ2) is 6.76. The lowest BCUT2D eigenvalue weighted by Crippen LogP contribution is -2.39. The molecule has 1 aromatic heterocycles. The van der Waals surface area contributed by atoms with E-state index in [0.29, 0.717) is 0 Å². The van der Waals surface area contributed by atoms with Crippen LogP contribution < -0.4 is 10.1 Å². The van der Waals surface area contributed by atoms with Gasteiger partial charge in [0.1, 0.15) is 5.75 Å². The van der Waals surface area contributed by atoms with Crippen LogP contribution in [0.2, 0.25) is 0 Å². The average molecular weight is 321 g/mol. The number of aromatic amines is 1. The summed E-state index contributed by atoms with van der Waals surface area (Å²) in [5.41, 5.74) is 2.90. The molecule has 7 heteroatoms. The molecule has 5 nitrogen and oxygen atoms in total. The zero-order chi connectivity index (χ0) is 16.2. The highest BCUT2D eigenvalue weighted by Crippen LogP contribution is 2.18. The monoisotopic (exact) mass is 321 g/mol. The van der Waals surface area contributed by atoms with Gasteiger partial charge in [-0.25, -0.2) is 4.98 Å². The van der Waals surface area contributed by atoms with Gasteiger partial charge >= 0.3 is 6.61 Å².